The molecule has 21 N–H and O–H groups in total. The molecular formula is C47H76N16O13S2. The molecule has 10 atom stereocenters. The van der Waals surface area contributed by atoms with Crippen LogP contribution >= 0.6 is 21.6 Å². The number of nitrogens with zero attached hydrogens (tertiary/aromatic N) is 2. The van der Waals surface area contributed by atoms with Gasteiger partial charge in [-0.1, -0.05) is 92.5 Å². The Morgan fingerprint density at radius 1 is 0.590 bits per heavy atom. The first-order valence-electron chi connectivity index (χ1n) is 25.1. The van der Waals surface area contributed by atoms with E-state index < -0.39 is 145 Å². The molecule has 78 heavy (non-hydrogen) atoms. The zero-order chi connectivity index (χ0) is 58.5. The lowest BCUT2D eigenvalue weighted by atomic mass is 9.96. The minimum absolute atomic E-state index is 0.0132. The Labute approximate surface area is 459 Å². The number of guanidine groups is 2. The van der Waals surface area contributed by atoms with Crippen LogP contribution in [0, 0.1) is 11.8 Å². The van der Waals surface area contributed by atoms with E-state index in [0.717, 1.165) is 21.6 Å². The highest BCUT2D eigenvalue weighted by atomic mass is 33.1. The molecule has 31 heteroatoms. The molecule has 29 nitrogen and oxygen atoms in total. The molecule has 1 heterocycles. The first kappa shape index (κ1) is 66.7. The van der Waals surface area contributed by atoms with E-state index in [4.69, 9.17) is 28.7 Å². The van der Waals surface area contributed by atoms with Crippen molar-refractivity contribution in [2.45, 2.75) is 127 Å². The molecule has 1 fully saturated rings. The number of carboxylic acids is 2. The molecule has 9 amide bonds. The van der Waals surface area contributed by atoms with Gasteiger partial charge in [0.15, 0.2) is 11.9 Å². The maximum absolute atomic E-state index is 14.2. The van der Waals surface area contributed by atoms with Gasteiger partial charge in [-0.2, -0.15) is 0 Å². The largest absolute Gasteiger partial charge is 0.481 e. The standard InChI is InChI=1S/C47H76N16O13S2/c1-5-24(3)36-43(73)60-31(19-35(66)67)42(72)58-29(15-11-17-54-47(51)52)41(71)63-37(25(4)6-2)44(74)61-32(45(75)76)23-78-77-22-27(48)38(68)59-30(18-26-12-8-7-9-13-26)39(69)56-20-33(64)55-21-34(65)57-28(40(70)62-36)14-10-16-53-46(49)50/h7-9,12-13,24-25,27-32,36-37H,5-6,10-11,14-23,48H2,1-4H3,(H,55,64)(H,56,69)(H,57,65)(H,58,72)(H,59,68)(H,60,73)(H,61,74)(H,62,70)(H,63,71)(H,66,67)(H,75,76)(H4,49,50,53)(H4,51,52,54)/t24-,25-,27-,28?,29-,30?,31?,32?,36-,37-/m0/s1. The number of benzene rings is 1. The lowest BCUT2D eigenvalue weighted by molar-refractivity contribution is -0.142. The number of carbonyl (C=O) groups is 11. The quantitative estimate of drug-likeness (QED) is 0.0302. The van der Waals surface area contributed by atoms with E-state index in [1.165, 1.54) is 0 Å². The van der Waals surface area contributed by atoms with Crippen molar-refractivity contribution in [3.05, 3.63) is 35.9 Å². The number of nitrogens with two attached hydrogens (primary N) is 5. The summed E-state index contributed by atoms with van der Waals surface area (Å²) in [6, 6.07) is -3.10. The summed E-state index contributed by atoms with van der Waals surface area (Å²) in [5.74, 6) is -13.4. The van der Waals surface area contributed by atoms with Crippen LogP contribution in [0.25, 0.3) is 0 Å². The highest BCUT2D eigenvalue weighted by Crippen LogP contribution is 2.23. The summed E-state index contributed by atoms with van der Waals surface area (Å²) in [6.45, 7) is 5.19. The van der Waals surface area contributed by atoms with E-state index >= 15 is 0 Å². The second-order valence-electron chi connectivity index (χ2n) is 18.3. The molecule has 2 rings (SSSR count). The fraction of sp³-hybridized carbons (Fsp3) is 0.596. The Bertz CT molecular complexity index is 2290. The molecule has 4 unspecified atom stereocenters. The molecule has 1 aromatic rings. The topological polar surface area (TPSA) is 491 Å². The van der Waals surface area contributed by atoms with E-state index in [-0.39, 0.29) is 81.5 Å². The second kappa shape index (κ2) is 35.1. The Balaban J connectivity index is 2.66. The summed E-state index contributed by atoms with van der Waals surface area (Å²) in [5, 5.41) is 42.3. The predicted molar refractivity (Wildman–Crippen MR) is 291 cm³/mol. The van der Waals surface area contributed by atoms with Crippen LogP contribution in [0.15, 0.2) is 40.3 Å². The SMILES string of the molecule is CC[C@H](C)[C@@H]1NC(=O)C(CCCN=C(N)N)NC(=O)CNC(=O)CNC(=O)C(Cc2ccccc2)NC(=O)[C@@H](N)CSSCC(C(=O)O)NC(=O)[C@H]([C@@H](C)CC)NC(=O)[C@H](CCCN=C(N)N)NC(=O)C(CC(=O)O)NC1=O. The van der Waals surface area contributed by atoms with Gasteiger partial charge in [-0.25, -0.2) is 4.79 Å². The van der Waals surface area contributed by atoms with Crippen molar-refractivity contribution in [2.75, 3.05) is 37.7 Å². The van der Waals surface area contributed by atoms with Gasteiger partial charge in [-0.05, 0) is 43.1 Å². The van der Waals surface area contributed by atoms with Crippen molar-refractivity contribution in [1.29, 1.82) is 0 Å². The third-order valence-corrected chi connectivity index (χ3v) is 14.5. The molecular weight excluding hydrogens is 1060 g/mol. The summed E-state index contributed by atoms with van der Waals surface area (Å²) >= 11 is 0. The first-order valence-corrected chi connectivity index (χ1v) is 27.6. The molecule has 0 spiro atoms. The number of hydrogen-bond acceptors (Lipinski definition) is 16. The molecule has 0 radical (unpaired) electrons. The maximum Gasteiger partial charge on any atom is 0.327 e. The van der Waals surface area contributed by atoms with Gasteiger partial charge in [0.05, 0.1) is 25.6 Å². The van der Waals surface area contributed by atoms with Gasteiger partial charge >= 0.3 is 11.9 Å². The number of hydrogen-bond donors (Lipinski definition) is 16. The van der Waals surface area contributed by atoms with Crippen LogP contribution in [-0.4, -0.2) is 173 Å². The Morgan fingerprint density at radius 2 is 1.06 bits per heavy atom. The van der Waals surface area contributed by atoms with Gasteiger partial charge in [0, 0.05) is 31.0 Å². The van der Waals surface area contributed by atoms with Gasteiger partial charge in [0.25, 0.3) is 0 Å². The molecule has 0 bridgehead atoms. The van der Waals surface area contributed by atoms with Gasteiger partial charge in [0.1, 0.15) is 42.3 Å². The van der Waals surface area contributed by atoms with Gasteiger partial charge in [-0.15, -0.1) is 0 Å². The molecule has 0 saturated carbocycles. The van der Waals surface area contributed by atoms with Crippen LogP contribution in [0.2, 0.25) is 0 Å². The zero-order valence-electron chi connectivity index (χ0n) is 44.0. The van der Waals surface area contributed by atoms with E-state index in [0.29, 0.717) is 5.56 Å². The van der Waals surface area contributed by atoms with Gasteiger partial charge < -0.3 is 86.7 Å². The molecule has 1 aromatic carbocycles. The molecule has 0 aliphatic carbocycles. The number of carbonyl (C=O) groups excluding carboxylic acids is 9. The number of rotatable bonds is 17. The minimum Gasteiger partial charge on any atom is -0.481 e. The second-order valence-corrected chi connectivity index (χ2v) is 20.9. The summed E-state index contributed by atoms with van der Waals surface area (Å²) in [6.07, 6.45) is -0.650. The van der Waals surface area contributed by atoms with Crippen molar-refractivity contribution >= 4 is 98.6 Å². The predicted octanol–water partition coefficient (Wildman–Crippen LogP) is -4.66. The van der Waals surface area contributed by atoms with Crippen molar-refractivity contribution in [3.8, 4) is 0 Å². The lowest BCUT2D eigenvalue weighted by Gasteiger charge is -2.29. The fourth-order valence-electron chi connectivity index (χ4n) is 7.24. The lowest BCUT2D eigenvalue weighted by Crippen LogP contribution is -2.61. The average molecular weight is 1140 g/mol. The van der Waals surface area contributed by atoms with Crippen molar-refractivity contribution in [3.63, 3.8) is 0 Å². The number of amides is 9. The van der Waals surface area contributed by atoms with E-state index in [1.807, 2.05) is 0 Å². The van der Waals surface area contributed by atoms with Gasteiger partial charge in [0.2, 0.25) is 53.2 Å². The normalized spacial score (nSPS) is 24.3. The van der Waals surface area contributed by atoms with Crippen LogP contribution in [0.5, 0.6) is 0 Å². The van der Waals surface area contributed by atoms with Crippen molar-refractivity contribution in [1.82, 2.24) is 47.9 Å². The molecule has 1 saturated heterocycles. The van der Waals surface area contributed by atoms with E-state index in [2.05, 4.69) is 57.8 Å². The fourth-order valence-corrected chi connectivity index (χ4v) is 9.52. The van der Waals surface area contributed by atoms with Crippen molar-refractivity contribution in [2.24, 2.45) is 50.5 Å². The summed E-state index contributed by atoms with van der Waals surface area (Å²) in [4.78, 5) is 156. The first-order chi connectivity index (χ1) is 36.9. The molecule has 0 aromatic heterocycles. The van der Waals surface area contributed by atoms with Crippen LogP contribution in [0.3, 0.4) is 0 Å². The van der Waals surface area contributed by atoms with Crippen molar-refractivity contribution < 1.29 is 63.0 Å². The maximum atomic E-state index is 14.2. The number of carboxylic acid groups (broad SMARTS) is 2. The number of nitrogens with one attached hydrogen (secondary N) is 9. The number of aliphatic carboxylic acids is 2. The summed E-state index contributed by atoms with van der Waals surface area (Å²) < 4.78 is 0. The number of aliphatic imine (C=N–C) groups is 2. The summed E-state index contributed by atoms with van der Waals surface area (Å²) in [7, 11) is 1.95. The Morgan fingerprint density at radius 3 is 1.58 bits per heavy atom. The Kier molecular flexibility index (Phi) is 30.0. The third kappa shape index (κ3) is 25.2. The minimum atomic E-state index is -1.87. The van der Waals surface area contributed by atoms with E-state index in [1.54, 1.807) is 58.0 Å². The molecule has 434 valence electrons. The smallest absolute Gasteiger partial charge is 0.327 e. The third-order valence-electron chi connectivity index (χ3n) is 12.1. The van der Waals surface area contributed by atoms with Crippen LogP contribution in [0.1, 0.15) is 78.2 Å². The molecule has 1 aliphatic heterocycles. The van der Waals surface area contributed by atoms with Gasteiger partial charge in [-0.3, -0.25) is 57.9 Å². The average Bonchev–Trinajstić information content (AvgIpc) is 3.38. The van der Waals surface area contributed by atoms with Crippen LogP contribution in [-0.2, 0) is 59.2 Å². The zero-order valence-corrected chi connectivity index (χ0v) is 45.7. The highest BCUT2D eigenvalue weighted by Gasteiger charge is 2.37. The Hall–Kier alpha value is -7.41. The van der Waals surface area contributed by atoms with Crippen LogP contribution in [0.4, 0.5) is 0 Å². The van der Waals surface area contributed by atoms with Crippen LogP contribution < -0.4 is 76.5 Å². The summed E-state index contributed by atoms with van der Waals surface area (Å²) in [5.41, 5.74) is 28.7. The van der Waals surface area contributed by atoms with E-state index in [9.17, 15) is 63.0 Å². The highest BCUT2D eigenvalue weighted by molar-refractivity contribution is 8.76. The monoisotopic (exact) mass is 1140 g/mol. The molecule has 1 aliphatic rings.